The maximum Gasteiger partial charge on any atom is 0.638 e. The van der Waals surface area contributed by atoms with Crippen molar-refractivity contribution in [3.05, 3.63) is 0 Å². The second kappa shape index (κ2) is 27.7. The fourth-order valence-electron chi connectivity index (χ4n) is 9.17. The molecule has 0 saturated carbocycles. The van der Waals surface area contributed by atoms with Gasteiger partial charge in [-0.25, -0.2) is 0 Å². The van der Waals surface area contributed by atoms with E-state index in [1.165, 1.54) is 0 Å². The first kappa shape index (κ1) is 73.5. The van der Waals surface area contributed by atoms with E-state index in [9.17, 15) is 0 Å². The molecule has 0 aromatic heterocycles. The van der Waals surface area contributed by atoms with E-state index in [0.29, 0.717) is 42.3 Å². The van der Waals surface area contributed by atoms with Gasteiger partial charge in [-0.05, 0) is 168 Å². The molecule has 0 aromatic rings. The van der Waals surface area contributed by atoms with E-state index in [0.717, 1.165) is 6.04 Å². The lowest BCUT2D eigenvalue weighted by atomic mass is 10.9. The molecule has 0 radical (unpaired) electrons. The summed E-state index contributed by atoms with van der Waals surface area (Å²) in [5.41, 5.74) is 0. The number of hydrogen-bond donors (Lipinski definition) is 0. The largest absolute Gasteiger partial charge is 0.638 e. The van der Waals surface area contributed by atoms with Gasteiger partial charge in [0, 0.05) is 82.1 Å². The minimum atomic E-state index is -3.66. The van der Waals surface area contributed by atoms with Gasteiger partial charge in [0.05, 0.1) is 0 Å². The Morgan fingerprint density at radius 3 is 0.699 bits per heavy atom. The van der Waals surface area contributed by atoms with Crippen LogP contribution >= 0.6 is 0 Å². The highest BCUT2D eigenvalue weighted by Crippen LogP contribution is 2.43. The smallest absolute Gasteiger partial charge is 0.436 e. The summed E-state index contributed by atoms with van der Waals surface area (Å²) in [7, 11) is -29.2. The summed E-state index contributed by atoms with van der Waals surface area (Å²) in [4.78, 5) is 0. The third kappa shape index (κ3) is 25.6. The van der Waals surface area contributed by atoms with E-state index in [2.05, 4.69) is 124 Å². The fraction of sp³-hybridized carbons (Fsp3) is 1.00. The van der Waals surface area contributed by atoms with Gasteiger partial charge < -0.3 is 85.1 Å². The zero-order chi connectivity index (χ0) is 57.3. The monoisotopic (exact) mass is 1300 g/mol. The summed E-state index contributed by atoms with van der Waals surface area (Å²) in [6.07, 6.45) is 0. The standard InChI is InChI=1S/C38H106O20Si15/c1-39-70(40-2,41-3)36-33-67(28)55-66(27,56-68(29,34-37-71(42-4,43-5)44-6)58-69(30,57-67)35-38-72(45-7,46-8)47-9)32-31-62(19,20)51-63(21,22)52-64(23,24)53-65(25,26)54-73(48-59(10,11)12,49-60(13,14)15)50-61(16,17)18/h31-38H2,1-30H3. The third-order valence-corrected chi connectivity index (χ3v) is 67.0. The van der Waals surface area contributed by atoms with Gasteiger partial charge in [-0.3, -0.25) is 0 Å². The van der Waals surface area contributed by atoms with Crippen LogP contribution in [0.15, 0.2) is 0 Å². The van der Waals surface area contributed by atoms with E-state index in [1.54, 1.807) is 64.0 Å². The maximum absolute atomic E-state index is 7.62. The average molecular weight is 1300 g/mol. The molecule has 0 N–H and O–H groups in total. The van der Waals surface area contributed by atoms with Crippen LogP contribution in [0.1, 0.15) is 0 Å². The van der Waals surface area contributed by atoms with Crippen LogP contribution in [0.4, 0.5) is 0 Å². The Morgan fingerprint density at radius 1 is 0.274 bits per heavy atom. The number of rotatable bonds is 35. The molecular formula is C38H106O20Si15. The lowest BCUT2D eigenvalue weighted by Crippen LogP contribution is -2.68. The molecule has 0 amide bonds. The summed E-state index contributed by atoms with van der Waals surface area (Å²) >= 11 is 0. The van der Waals surface area contributed by atoms with Crippen LogP contribution in [0.3, 0.4) is 0 Å². The van der Waals surface area contributed by atoms with Crippen molar-refractivity contribution in [2.24, 2.45) is 0 Å². The molecule has 1 saturated heterocycles. The Labute approximate surface area is 460 Å². The SMILES string of the molecule is CO[Si](CC[Si]1(C)O[Si](C)(CC[Si](C)(C)O[Si](C)(C)O[Si](C)(C)O[Si](C)(C)O[Si](O[Si](C)(C)C)(O[Si](C)(C)C)O[Si](C)(C)C)O[Si](C)(CC[Si](OC)(OC)OC)O[Si](C)(CC[Si](OC)(OC)OC)O1)(OC)OC. The first-order chi connectivity index (χ1) is 32.7. The second-order valence-electron chi connectivity index (χ2n) is 24.3. The molecule has 0 aromatic carbocycles. The third-order valence-electron chi connectivity index (χ3n) is 11.5. The fourth-order valence-corrected chi connectivity index (χ4v) is 77.4. The molecule has 438 valence electrons. The van der Waals surface area contributed by atoms with Crippen molar-refractivity contribution in [3.63, 3.8) is 0 Å². The van der Waals surface area contributed by atoms with Gasteiger partial charge in [-0.1, -0.05) is 0 Å². The van der Waals surface area contributed by atoms with Crippen LogP contribution in [0.25, 0.3) is 0 Å². The van der Waals surface area contributed by atoms with E-state index < -0.39 is 129 Å². The van der Waals surface area contributed by atoms with Gasteiger partial charge >= 0.3 is 95.4 Å². The normalized spacial score (nSPS) is 24.2. The number of hydrogen-bond acceptors (Lipinski definition) is 20. The molecule has 1 fully saturated rings. The first-order valence-electron chi connectivity index (χ1n) is 25.3. The van der Waals surface area contributed by atoms with E-state index in [4.69, 9.17) is 85.1 Å². The summed E-state index contributed by atoms with van der Waals surface area (Å²) in [6, 6.07) is 4.27. The lowest BCUT2D eigenvalue weighted by Gasteiger charge is -2.51. The van der Waals surface area contributed by atoms with E-state index in [1.807, 2.05) is 13.1 Å². The summed E-state index contributed by atoms with van der Waals surface area (Å²) in [5.74, 6) is 0. The Balaban J connectivity index is 3.79. The lowest BCUT2D eigenvalue weighted by molar-refractivity contribution is 0.122. The van der Waals surface area contributed by atoms with E-state index >= 15 is 0 Å². The van der Waals surface area contributed by atoms with Crippen LogP contribution in [0.2, 0.25) is 186 Å². The molecule has 0 spiro atoms. The summed E-state index contributed by atoms with van der Waals surface area (Å²) < 4.78 is 133. The average Bonchev–Trinajstić information content (AvgIpc) is 3.18. The van der Waals surface area contributed by atoms with Crippen molar-refractivity contribution in [1.82, 2.24) is 0 Å². The van der Waals surface area contributed by atoms with Gasteiger partial charge in [-0.2, -0.15) is 0 Å². The molecule has 35 heteroatoms. The molecule has 1 heterocycles. The van der Waals surface area contributed by atoms with Crippen LogP contribution < -0.4 is 0 Å². The summed E-state index contributed by atoms with van der Waals surface area (Å²) in [6.45, 7) is 44.7. The predicted molar refractivity (Wildman–Crippen MR) is 323 cm³/mol. The van der Waals surface area contributed by atoms with Crippen molar-refractivity contribution in [1.29, 1.82) is 0 Å². The highest BCUT2D eigenvalue weighted by atomic mass is 28.6. The molecular weight excluding hydrogens is 1200 g/mol. The zero-order valence-corrected chi connectivity index (χ0v) is 66.3. The predicted octanol–water partition coefficient (Wildman–Crippen LogP) is 10.4. The molecule has 2 unspecified atom stereocenters. The molecule has 0 aliphatic carbocycles. The van der Waals surface area contributed by atoms with Gasteiger partial charge in [-0.15, -0.1) is 0 Å². The van der Waals surface area contributed by atoms with Crippen LogP contribution in [-0.4, -0.2) is 193 Å². The summed E-state index contributed by atoms with van der Waals surface area (Å²) in [5, 5.41) is 0. The van der Waals surface area contributed by atoms with Gasteiger partial charge in [0.2, 0.25) is 0 Å². The van der Waals surface area contributed by atoms with Crippen molar-refractivity contribution in [2.45, 2.75) is 186 Å². The van der Waals surface area contributed by atoms with Crippen molar-refractivity contribution in [3.8, 4) is 0 Å². The van der Waals surface area contributed by atoms with Crippen LogP contribution in [0, 0.1) is 0 Å². The minimum absolute atomic E-state index is 0.467. The van der Waals surface area contributed by atoms with Crippen molar-refractivity contribution in [2.75, 3.05) is 64.0 Å². The van der Waals surface area contributed by atoms with E-state index in [-0.39, 0.29) is 0 Å². The molecule has 2 atom stereocenters. The molecule has 1 aliphatic heterocycles. The first-order valence-corrected chi connectivity index (χ1v) is 64.6. The Bertz CT molecular complexity index is 1560. The van der Waals surface area contributed by atoms with Crippen LogP contribution in [0.5, 0.6) is 0 Å². The second-order valence-corrected chi connectivity index (χ2v) is 79.8. The quantitative estimate of drug-likeness (QED) is 0.0545. The molecule has 73 heavy (non-hydrogen) atoms. The van der Waals surface area contributed by atoms with Crippen molar-refractivity contribution >= 4 is 129 Å². The van der Waals surface area contributed by atoms with Crippen molar-refractivity contribution < 1.29 is 85.1 Å². The Kier molecular flexibility index (Phi) is 27.9. The van der Waals surface area contributed by atoms with Gasteiger partial charge in [0.1, 0.15) is 0 Å². The molecule has 20 nitrogen and oxygen atoms in total. The Hall–Kier alpha value is 2.45. The highest BCUT2D eigenvalue weighted by Gasteiger charge is 2.61. The highest BCUT2D eigenvalue weighted by molar-refractivity contribution is 6.96. The van der Waals surface area contributed by atoms with Gasteiger partial charge in [0.15, 0.2) is 33.3 Å². The maximum atomic E-state index is 7.62. The van der Waals surface area contributed by atoms with Crippen LogP contribution in [-0.2, 0) is 85.1 Å². The zero-order valence-electron chi connectivity index (χ0n) is 51.3. The minimum Gasteiger partial charge on any atom is -0.436 e. The molecule has 1 rings (SSSR count). The Morgan fingerprint density at radius 2 is 0.479 bits per heavy atom. The molecule has 1 aliphatic rings. The van der Waals surface area contributed by atoms with Gasteiger partial charge in [0.25, 0.3) is 0 Å². The topological polar surface area (TPSA) is 185 Å². The molecule has 0 bridgehead atoms.